The van der Waals surface area contributed by atoms with Gasteiger partial charge in [-0.1, -0.05) is 0 Å². The Labute approximate surface area is 173 Å². The van der Waals surface area contributed by atoms with Crippen molar-refractivity contribution in [2.45, 2.75) is 19.3 Å². The number of nitrogens with one attached hydrogen (secondary N) is 2. The molecule has 0 saturated carbocycles. The average Bonchev–Trinajstić information content (AvgIpc) is 2.73. The number of aromatic amines is 1. The van der Waals surface area contributed by atoms with E-state index in [2.05, 4.69) is 25.0 Å². The maximum absolute atomic E-state index is 12.5. The zero-order valence-corrected chi connectivity index (χ0v) is 16.1. The number of hydrogen-bond donors (Lipinski definition) is 3. The van der Waals surface area contributed by atoms with Gasteiger partial charge in [0.15, 0.2) is 5.82 Å². The summed E-state index contributed by atoms with van der Waals surface area (Å²) in [6.45, 7) is 1.32. The fraction of sp³-hybridized carbons (Fsp3) is 0.200. The van der Waals surface area contributed by atoms with Crippen molar-refractivity contribution >= 4 is 5.91 Å². The molecule has 0 fully saturated rings. The van der Waals surface area contributed by atoms with Crippen LogP contribution in [-0.4, -0.2) is 45.0 Å². The number of aromatic nitrogens is 3. The number of aliphatic hydroxyl groups is 1. The van der Waals surface area contributed by atoms with Crippen LogP contribution < -0.4 is 15.6 Å². The summed E-state index contributed by atoms with van der Waals surface area (Å²) in [5, 5.41) is 11.7. The molecule has 1 aromatic carbocycles. The van der Waals surface area contributed by atoms with Crippen molar-refractivity contribution in [3.8, 4) is 28.4 Å². The number of pyridine rings is 1. The van der Waals surface area contributed by atoms with Gasteiger partial charge in [0.05, 0.1) is 12.3 Å². The number of H-pyrrole nitrogens is 1. The summed E-state index contributed by atoms with van der Waals surface area (Å²) in [5.41, 5.74) is 0.725. The molecule has 3 rings (SSSR count). The van der Waals surface area contributed by atoms with Crippen molar-refractivity contribution in [1.82, 2.24) is 20.3 Å². The van der Waals surface area contributed by atoms with E-state index in [4.69, 9.17) is 5.11 Å². The average molecular weight is 434 g/mol. The Morgan fingerprint density at radius 3 is 2.42 bits per heavy atom. The number of alkyl halides is 3. The van der Waals surface area contributed by atoms with Crippen molar-refractivity contribution < 1.29 is 27.8 Å². The lowest BCUT2D eigenvalue weighted by Gasteiger charge is -2.13. The summed E-state index contributed by atoms with van der Waals surface area (Å²) in [5.74, 6) is -0.861. The van der Waals surface area contributed by atoms with Crippen LogP contribution in [0.2, 0.25) is 0 Å². The second-order valence-electron chi connectivity index (χ2n) is 6.53. The van der Waals surface area contributed by atoms with E-state index >= 15 is 0 Å². The van der Waals surface area contributed by atoms with Crippen LogP contribution in [0, 0.1) is 0 Å². The largest absolute Gasteiger partial charge is 0.573 e. The smallest absolute Gasteiger partial charge is 0.406 e. The normalized spacial score (nSPS) is 12.3. The van der Waals surface area contributed by atoms with Gasteiger partial charge in [-0.2, -0.15) is 0 Å². The molecule has 0 radical (unpaired) electrons. The molecule has 3 N–H and O–H groups in total. The van der Waals surface area contributed by atoms with Crippen LogP contribution in [0.5, 0.6) is 5.75 Å². The quantitative estimate of drug-likeness (QED) is 0.549. The lowest BCUT2D eigenvalue weighted by Crippen LogP contribution is -2.35. The number of carbonyl (C=O) groups excluding carboxylic acids is 1. The standard InChI is InChI=1S/C20H17F3N4O4/c1-11(10-28)25-19(30)16-8-15(12-2-5-14(6-3-12)31-20(21,22)23)26-18(27-16)13-4-7-17(29)24-9-13/h2-9,11,28H,10H2,1H3,(H,24,29)(H,25,30)/t11-/m0/s1. The predicted molar refractivity (Wildman–Crippen MR) is 104 cm³/mol. The lowest BCUT2D eigenvalue weighted by atomic mass is 10.1. The number of benzene rings is 1. The SMILES string of the molecule is C[C@@H](CO)NC(=O)c1cc(-c2ccc(OC(F)(F)F)cc2)nc(-c2ccc(=O)[nH]c2)n1. The Balaban J connectivity index is 2.03. The maximum atomic E-state index is 12.5. The zero-order chi connectivity index (χ0) is 22.6. The molecule has 0 aliphatic carbocycles. The van der Waals surface area contributed by atoms with Gasteiger partial charge in [-0.25, -0.2) is 9.97 Å². The highest BCUT2D eigenvalue weighted by Crippen LogP contribution is 2.27. The van der Waals surface area contributed by atoms with Gasteiger partial charge >= 0.3 is 6.36 Å². The second-order valence-corrected chi connectivity index (χ2v) is 6.53. The van der Waals surface area contributed by atoms with Crippen LogP contribution in [0.1, 0.15) is 17.4 Å². The number of nitrogens with zero attached hydrogens (tertiary/aromatic N) is 2. The van der Waals surface area contributed by atoms with Crippen molar-refractivity contribution in [3.05, 3.63) is 64.7 Å². The minimum atomic E-state index is -4.82. The molecule has 11 heteroatoms. The third kappa shape index (κ3) is 5.89. The molecule has 0 spiro atoms. The van der Waals surface area contributed by atoms with E-state index in [0.29, 0.717) is 11.1 Å². The van der Waals surface area contributed by atoms with Gasteiger partial charge in [0, 0.05) is 29.4 Å². The Bertz CT molecular complexity index is 1110. The first-order chi connectivity index (χ1) is 14.6. The first-order valence-corrected chi connectivity index (χ1v) is 9.01. The molecule has 31 heavy (non-hydrogen) atoms. The summed E-state index contributed by atoms with van der Waals surface area (Å²) >= 11 is 0. The summed E-state index contributed by atoms with van der Waals surface area (Å²) in [6, 6.07) is 8.54. The second kappa shape index (κ2) is 8.96. The van der Waals surface area contributed by atoms with E-state index < -0.39 is 24.1 Å². The van der Waals surface area contributed by atoms with Gasteiger partial charge in [-0.05, 0) is 43.3 Å². The highest BCUT2D eigenvalue weighted by molar-refractivity contribution is 5.94. The van der Waals surface area contributed by atoms with Crippen molar-refractivity contribution in [2.75, 3.05) is 6.61 Å². The van der Waals surface area contributed by atoms with E-state index in [1.54, 1.807) is 6.92 Å². The Morgan fingerprint density at radius 1 is 1.16 bits per heavy atom. The minimum Gasteiger partial charge on any atom is -0.406 e. The van der Waals surface area contributed by atoms with Gasteiger partial charge in [0.25, 0.3) is 5.91 Å². The van der Waals surface area contributed by atoms with Crippen LogP contribution in [0.25, 0.3) is 22.6 Å². The van der Waals surface area contributed by atoms with Gasteiger partial charge in [-0.3, -0.25) is 9.59 Å². The van der Waals surface area contributed by atoms with Gasteiger partial charge in [0.2, 0.25) is 5.56 Å². The molecular weight excluding hydrogens is 417 g/mol. The number of aliphatic hydroxyl groups excluding tert-OH is 1. The monoisotopic (exact) mass is 434 g/mol. The summed E-state index contributed by atoms with van der Waals surface area (Å²) in [7, 11) is 0. The van der Waals surface area contributed by atoms with Crippen molar-refractivity contribution in [3.63, 3.8) is 0 Å². The fourth-order valence-corrected chi connectivity index (χ4v) is 2.56. The zero-order valence-electron chi connectivity index (χ0n) is 16.1. The van der Waals surface area contributed by atoms with Crippen LogP contribution in [0.3, 0.4) is 0 Å². The summed E-state index contributed by atoms with van der Waals surface area (Å²) < 4.78 is 41.0. The van der Waals surface area contributed by atoms with Gasteiger partial charge in [0.1, 0.15) is 11.4 Å². The number of hydrogen-bond acceptors (Lipinski definition) is 6. The molecule has 1 atom stereocenters. The van der Waals surface area contributed by atoms with Gasteiger partial charge in [-0.15, -0.1) is 13.2 Å². The molecule has 0 unspecified atom stereocenters. The predicted octanol–water partition coefficient (Wildman–Crippen LogP) is 2.51. The van der Waals surface area contributed by atoms with E-state index in [9.17, 15) is 22.8 Å². The maximum Gasteiger partial charge on any atom is 0.573 e. The first kappa shape index (κ1) is 22.0. The number of rotatable bonds is 6. The van der Waals surface area contributed by atoms with E-state index in [0.717, 1.165) is 12.1 Å². The van der Waals surface area contributed by atoms with Crippen LogP contribution in [-0.2, 0) is 0 Å². The fourth-order valence-electron chi connectivity index (χ4n) is 2.56. The Hall–Kier alpha value is -3.73. The highest BCUT2D eigenvalue weighted by atomic mass is 19.4. The Kier molecular flexibility index (Phi) is 6.35. The topological polar surface area (TPSA) is 117 Å². The minimum absolute atomic E-state index is 0.0258. The number of carbonyl (C=O) groups is 1. The van der Waals surface area contributed by atoms with E-state index in [1.807, 2.05) is 0 Å². The van der Waals surface area contributed by atoms with Crippen LogP contribution in [0.15, 0.2) is 53.5 Å². The number of amides is 1. The first-order valence-electron chi connectivity index (χ1n) is 9.01. The molecule has 162 valence electrons. The molecule has 2 aromatic heterocycles. The molecule has 0 aliphatic heterocycles. The summed E-state index contributed by atoms with van der Waals surface area (Å²) in [6.07, 6.45) is -3.44. The molecule has 2 heterocycles. The lowest BCUT2D eigenvalue weighted by molar-refractivity contribution is -0.274. The Morgan fingerprint density at radius 2 is 1.84 bits per heavy atom. The molecule has 0 bridgehead atoms. The molecule has 3 aromatic rings. The van der Waals surface area contributed by atoms with Crippen LogP contribution in [0.4, 0.5) is 13.2 Å². The summed E-state index contributed by atoms with van der Waals surface area (Å²) in [4.78, 5) is 34.9. The van der Waals surface area contributed by atoms with Crippen molar-refractivity contribution in [2.24, 2.45) is 0 Å². The third-order valence-electron chi connectivity index (χ3n) is 4.04. The molecular formula is C20H17F3N4O4. The number of halogens is 3. The molecule has 8 nitrogen and oxygen atoms in total. The molecule has 1 amide bonds. The third-order valence-corrected chi connectivity index (χ3v) is 4.04. The van der Waals surface area contributed by atoms with E-state index in [1.165, 1.54) is 36.5 Å². The molecule has 0 aliphatic rings. The number of ether oxygens (including phenoxy) is 1. The van der Waals surface area contributed by atoms with Gasteiger partial charge < -0.3 is 20.1 Å². The van der Waals surface area contributed by atoms with Crippen molar-refractivity contribution in [1.29, 1.82) is 0 Å². The van der Waals surface area contributed by atoms with E-state index in [-0.39, 0.29) is 29.4 Å². The molecule has 0 saturated heterocycles. The highest BCUT2D eigenvalue weighted by Gasteiger charge is 2.31. The van der Waals surface area contributed by atoms with Crippen LogP contribution >= 0.6 is 0 Å².